The Bertz CT molecular complexity index is 817. The fourth-order valence-corrected chi connectivity index (χ4v) is 3.50. The van der Waals surface area contributed by atoms with Crippen molar-refractivity contribution in [2.24, 2.45) is 5.92 Å². The number of rotatable bonds is 3. The molecular formula is C22H26O7. The van der Waals surface area contributed by atoms with Crippen LogP contribution in [0.2, 0.25) is 0 Å². The van der Waals surface area contributed by atoms with E-state index in [9.17, 15) is 19.2 Å². The first kappa shape index (κ1) is 22.3. The van der Waals surface area contributed by atoms with E-state index in [1.165, 1.54) is 6.92 Å². The summed E-state index contributed by atoms with van der Waals surface area (Å²) in [4.78, 5) is 48.7. The molecule has 1 aliphatic carbocycles. The summed E-state index contributed by atoms with van der Waals surface area (Å²) < 4.78 is 16.5. The Balaban J connectivity index is 2.52. The van der Waals surface area contributed by atoms with Crippen LogP contribution in [0.15, 0.2) is 48.1 Å². The second kappa shape index (κ2) is 9.03. The molecule has 2 rings (SSSR count). The molecule has 4 atom stereocenters. The Labute approximate surface area is 170 Å². The van der Waals surface area contributed by atoms with E-state index in [2.05, 4.69) is 19.7 Å². The molecule has 0 aromatic carbocycles. The van der Waals surface area contributed by atoms with Gasteiger partial charge in [0.25, 0.3) is 0 Å². The number of esters is 3. The maximum absolute atomic E-state index is 12.4. The molecule has 29 heavy (non-hydrogen) atoms. The summed E-state index contributed by atoms with van der Waals surface area (Å²) in [5.41, 5.74) is 1.34. The largest absolute Gasteiger partial charge is 0.458 e. The van der Waals surface area contributed by atoms with Gasteiger partial charge in [-0.25, -0.2) is 9.59 Å². The number of hydrogen-bond donors (Lipinski definition) is 0. The lowest BCUT2D eigenvalue weighted by atomic mass is 9.81. The number of carbonyl (C=O) groups is 4. The summed E-state index contributed by atoms with van der Waals surface area (Å²) in [5.74, 6) is -2.81. The molecule has 156 valence electrons. The van der Waals surface area contributed by atoms with Crippen LogP contribution in [-0.2, 0) is 33.4 Å². The van der Waals surface area contributed by atoms with E-state index in [0.717, 1.165) is 0 Å². The van der Waals surface area contributed by atoms with Crippen molar-refractivity contribution < 1.29 is 33.4 Å². The fourth-order valence-electron chi connectivity index (χ4n) is 3.50. The van der Waals surface area contributed by atoms with E-state index < -0.39 is 42.1 Å². The maximum atomic E-state index is 12.4. The van der Waals surface area contributed by atoms with Crippen LogP contribution >= 0.6 is 0 Å². The summed E-state index contributed by atoms with van der Waals surface area (Å²) in [6.07, 6.45) is -1.18. The number of ketones is 1. The van der Waals surface area contributed by atoms with Gasteiger partial charge in [-0.1, -0.05) is 31.4 Å². The summed E-state index contributed by atoms with van der Waals surface area (Å²) in [6.45, 7) is 16.1. The molecule has 1 aliphatic heterocycles. The second-order valence-electron chi connectivity index (χ2n) is 7.37. The predicted molar refractivity (Wildman–Crippen MR) is 105 cm³/mol. The number of Topliss-reactive ketones (excluding diaryl/α,β-unsaturated/α-hetero) is 1. The highest BCUT2D eigenvalue weighted by Crippen LogP contribution is 2.39. The van der Waals surface area contributed by atoms with Gasteiger partial charge >= 0.3 is 17.9 Å². The van der Waals surface area contributed by atoms with Gasteiger partial charge in [0, 0.05) is 37.3 Å². The van der Waals surface area contributed by atoms with Crippen molar-refractivity contribution in [2.45, 2.75) is 58.3 Å². The number of carbonyl (C=O) groups excluding carboxylic acids is 4. The van der Waals surface area contributed by atoms with Crippen LogP contribution in [0.3, 0.4) is 0 Å². The highest BCUT2D eigenvalue weighted by atomic mass is 16.6. The van der Waals surface area contributed by atoms with Gasteiger partial charge in [-0.15, -0.1) is 0 Å². The standard InChI is InChI=1S/C22H26O7/c1-7-12(3)21(25)28-17-9-11(2)8-16(24)10-13(4)19(27-15(6)23)20-18(17)14(5)22(26)29-20/h7,17-20H,2,4-5,8-10H2,1,3,6H3/b12-7+/t17?,18-,19+,20-/m1/s1. The Morgan fingerprint density at radius 2 is 1.76 bits per heavy atom. The number of fused-ring (bicyclic) bond motifs is 1. The molecule has 7 heteroatoms. The van der Waals surface area contributed by atoms with Gasteiger partial charge in [0.2, 0.25) is 0 Å². The van der Waals surface area contributed by atoms with Crippen molar-refractivity contribution >= 4 is 23.7 Å². The minimum absolute atomic E-state index is 0.0493. The van der Waals surface area contributed by atoms with Crippen molar-refractivity contribution in [3.63, 3.8) is 0 Å². The molecule has 0 aromatic rings. The number of ether oxygens (including phenoxy) is 3. The molecule has 2 fully saturated rings. The summed E-state index contributed by atoms with van der Waals surface area (Å²) in [6, 6.07) is 0. The van der Waals surface area contributed by atoms with E-state index in [1.807, 2.05) is 0 Å². The molecule has 0 N–H and O–H groups in total. The Morgan fingerprint density at radius 3 is 2.34 bits per heavy atom. The molecule has 1 unspecified atom stereocenters. The zero-order chi connectivity index (χ0) is 21.9. The number of allylic oxidation sites excluding steroid dienone is 1. The maximum Gasteiger partial charge on any atom is 0.334 e. The third-order valence-corrected chi connectivity index (χ3v) is 5.03. The summed E-state index contributed by atoms with van der Waals surface area (Å²) in [7, 11) is 0. The average molecular weight is 402 g/mol. The minimum Gasteiger partial charge on any atom is -0.458 e. The van der Waals surface area contributed by atoms with Gasteiger partial charge in [0.15, 0.2) is 12.2 Å². The summed E-state index contributed by atoms with van der Waals surface area (Å²) >= 11 is 0. The van der Waals surface area contributed by atoms with Crippen molar-refractivity contribution in [3.05, 3.63) is 48.1 Å². The molecular weight excluding hydrogens is 376 g/mol. The van der Waals surface area contributed by atoms with Crippen LogP contribution in [0.4, 0.5) is 0 Å². The molecule has 0 amide bonds. The molecule has 1 heterocycles. The molecule has 1 saturated heterocycles. The zero-order valence-electron chi connectivity index (χ0n) is 17.0. The molecule has 0 bridgehead atoms. The SMILES string of the molecule is C=C1CC(=O)CC(=C)[C@H](OC(C)=O)[C@@H]2OC(=O)C(=C)[C@@H]2C(OC(=O)/C(C)=C/C)C1. The van der Waals surface area contributed by atoms with E-state index in [4.69, 9.17) is 14.2 Å². The van der Waals surface area contributed by atoms with Crippen LogP contribution in [0.25, 0.3) is 0 Å². The molecule has 0 spiro atoms. The first-order valence-electron chi connectivity index (χ1n) is 9.32. The lowest BCUT2D eigenvalue weighted by Crippen LogP contribution is -2.43. The van der Waals surface area contributed by atoms with E-state index in [0.29, 0.717) is 16.7 Å². The molecule has 1 saturated carbocycles. The van der Waals surface area contributed by atoms with Crippen molar-refractivity contribution in [2.75, 3.05) is 0 Å². The number of hydrogen-bond acceptors (Lipinski definition) is 7. The van der Waals surface area contributed by atoms with E-state index in [-0.39, 0.29) is 30.6 Å². The van der Waals surface area contributed by atoms with E-state index >= 15 is 0 Å². The highest BCUT2D eigenvalue weighted by Gasteiger charge is 2.51. The Kier molecular flexibility index (Phi) is 6.95. The molecule has 7 nitrogen and oxygen atoms in total. The van der Waals surface area contributed by atoms with Crippen molar-refractivity contribution in [1.29, 1.82) is 0 Å². The minimum atomic E-state index is -1.06. The monoisotopic (exact) mass is 402 g/mol. The van der Waals surface area contributed by atoms with Gasteiger partial charge in [0.1, 0.15) is 11.9 Å². The average Bonchev–Trinajstić information content (AvgIpc) is 2.91. The molecule has 2 aliphatic rings. The third kappa shape index (κ3) is 5.10. The van der Waals surface area contributed by atoms with Crippen LogP contribution < -0.4 is 0 Å². The lowest BCUT2D eigenvalue weighted by molar-refractivity contribution is -0.162. The van der Waals surface area contributed by atoms with Gasteiger partial charge < -0.3 is 14.2 Å². The first-order chi connectivity index (χ1) is 13.5. The van der Waals surface area contributed by atoms with Crippen LogP contribution in [0.5, 0.6) is 0 Å². The third-order valence-electron chi connectivity index (χ3n) is 5.03. The topological polar surface area (TPSA) is 96.0 Å². The Hall–Kier alpha value is -2.96. The zero-order valence-corrected chi connectivity index (χ0v) is 17.0. The van der Waals surface area contributed by atoms with Crippen molar-refractivity contribution in [3.8, 4) is 0 Å². The second-order valence-corrected chi connectivity index (χ2v) is 7.37. The molecule has 0 aromatic heterocycles. The van der Waals surface area contributed by atoms with Crippen LogP contribution in [0.1, 0.15) is 40.0 Å². The quantitative estimate of drug-likeness (QED) is 0.310. The van der Waals surface area contributed by atoms with Gasteiger partial charge in [0.05, 0.1) is 5.92 Å². The fraction of sp³-hybridized carbons (Fsp3) is 0.455. The highest BCUT2D eigenvalue weighted by molar-refractivity contribution is 5.92. The molecule has 0 radical (unpaired) electrons. The summed E-state index contributed by atoms with van der Waals surface area (Å²) in [5, 5.41) is 0. The van der Waals surface area contributed by atoms with Crippen molar-refractivity contribution in [1.82, 2.24) is 0 Å². The Morgan fingerprint density at radius 1 is 1.10 bits per heavy atom. The van der Waals surface area contributed by atoms with Gasteiger partial charge in [-0.3, -0.25) is 9.59 Å². The predicted octanol–water partition coefficient (Wildman–Crippen LogP) is 2.76. The van der Waals surface area contributed by atoms with E-state index in [1.54, 1.807) is 19.9 Å². The normalized spacial score (nSPS) is 28.5. The smallest absolute Gasteiger partial charge is 0.334 e. The first-order valence-corrected chi connectivity index (χ1v) is 9.32. The lowest BCUT2D eigenvalue weighted by Gasteiger charge is -2.33. The van der Waals surface area contributed by atoms with Crippen LogP contribution in [-0.4, -0.2) is 42.0 Å². The van der Waals surface area contributed by atoms with Gasteiger partial charge in [-0.05, 0) is 19.4 Å². The van der Waals surface area contributed by atoms with Crippen LogP contribution in [0, 0.1) is 5.92 Å². The van der Waals surface area contributed by atoms with Gasteiger partial charge in [-0.2, -0.15) is 0 Å².